The highest BCUT2D eigenvalue weighted by molar-refractivity contribution is 5.15. The van der Waals surface area contributed by atoms with E-state index in [4.69, 9.17) is 0 Å². The van der Waals surface area contributed by atoms with Crippen LogP contribution in [0.3, 0.4) is 0 Å². The zero-order chi connectivity index (χ0) is 11.1. The second-order valence-electron chi connectivity index (χ2n) is 3.44. The summed E-state index contributed by atoms with van der Waals surface area (Å²) in [6, 6.07) is 1.91. The van der Waals surface area contributed by atoms with Crippen LogP contribution in [0.1, 0.15) is 11.6 Å². The number of nitrogens with one attached hydrogen (secondary N) is 1. The van der Waals surface area contributed by atoms with Crippen molar-refractivity contribution >= 4 is 0 Å². The summed E-state index contributed by atoms with van der Waals surface area (Å²) in [5, 5.41) is 2.90. The molecule has 0 aromatic carbocycles. The Hall–Kier alpha value is -1.30. The number of rotatable bonds is 1. The molecule has 0 spiro atoms. The van der Waals surface area contributed by atoms with Gasteiger partial charge in [0.25, 0.3) is 5.56 Å². The van der Waals surface area contributed by atoms with E-state index in [1.807, 2.05) is 0 Å². The SMILES string of the molecule is O=c1c(C(F)(F)F)cccn1C1CNC1. The first-order chi connectivity index (χ1) is 7.00. The fourth-order valence-corrected chi connectivity index (χ4v) is 1.48. The van der Waals surface area contributed by atoms with Crippen molar-refractivity contribution in [3.63, 3.8) is 0 Å². The van der Waals surface area contributed by atoms with Gasteiger partial charge >= 0.3 is 6.18 Å². The standard InChI is InChI=1S/C9H9F3N2O/c10-9(11,12)7-2-1-3-14(8(7)15)6-4-13-5-6/h1-3,6,13H,4-5H2. The Labute approximate surface area is 83.5 Å². The summed E-state index contributed by atoms with van der Waals surface area (Å²) in [5.41, 5.74) is -2.06. The highest BCUT2D eigenvalue weighted by atomic mass is 19.4. The van der Waals surface area contributed by atoms with Crippen molar-refractivity contribution in [1.29, 1.82) is 0 Å². The molecule has 1 saturated heterocycles. The minimum atomic E-state index is -4.57. The number of aromatic nitrogens is 1. The summed E-state index contributed by atoms with van der Waals surface area (Å²) >= 11 is 0. The zero-order valence-corrected chi connectivity index (χ0v) is 7.71. The van der Waals surface area contributed by atoms with Crippen LogP contribution < -0.4 is 10.9 Å². The van der Waals surface area contributed by atoms with Crippen molar-refractivity contribution in [2.45, 2.75) is 12.2 Å². The number of nitrogens with zero attached hydrogens (tertiary/aromatic N) is 1. The van der Waals surface area contributed by atoms with E-state index in [0.717, 1.165) is 10.6 Å². The third-order valence-electron chi connectivity index (χ3n) is 2.43. The van der Waals surface area contributed by atoms with Crippen molar-refractivity contribution in [3.05, 3.63) is 34.2 Å². The Morgan fingerprint density at radius 3 is 2.53 bits per heavy atom. The summed E-state index contributed by atoms with van der Waals surface area (Å²) in [7, 11) is 0. The Balaban J connectivity index is 2.46. The molecule has 1 aromatic rings. The van der Waals surface area contributed by atoms with Crippen molar-refractivity contribution in [2.75, 3.05) is 13.1 Å². The van der Waals surface area contributed by atoms with Crippen molar-refractivity contribution < 1.29 is 13.2 Å². The molecule has 3 nitrogen and oxygen atoms in total. The predicted octanol–water partition coefficient (Wildman–Crippen LogP) is 1.01. The quantitative estimate of drug-likeness (QED) is 0.763. The van der Waals surface area contributed by atoms with Gasteiger partial charge in [0.2, 0.25) is 0 Å². The molecule has 82 valence electrons. The van der Waals surface area contributed by atoms with Gasteiger partial charge in [-0.25, -0.2) is 0 Å². The second kappa shape index (κ2) is 3.37. The molecular weight excluding hydrogens is 209 g/mol. The molecule has 1 N–H and O–H groups in total. The molecular formula is C9H9F3N2O. The van der Waals surface area contributed by atoms with Crippen LogP contribution in [0.25, 0.3) is 0 Å². The largest absolute Gasteiger partial charge is 0.421 e. The number of pyridine rings is 1. The average Bonchev–Trinajstić information content (AvgIpc) is 2.03. The van der Waals surface area contributed by atoms with Gasteiger partial charge < -0.3 is 9.88 Å². The minimum Gasteiger partial charge on any atom is -0.313 e. The van der Waals surface area contributed by atoms with Gasteiger partial charge in [-0.2, -0.15) is 13.2 Å². The Morgan fingerprint density at radius 2 is 2.07 bits per heavy atom. The summed E-state index contributed by atoms with van der Waals surface area (Å²) < 4.78 is 38.3. The van der Waals surface area contributed by atoms with Crippen LogP contribution in [-0.4, -0.2) is 17.7 Å². The lowest BCUT2D eigenvalue weighted by Crippen LogP contribution is -2.47. The molecule has 0 bridgehead atoms. The predicted molar refractivity (Wildman–Crippen MR) is 47.6 cm³/mol. The first-order valence-electron chi connectivity index (χ1n) is 4.49. The van der Waals surface area contributed by atoms with E-state index in [9.17, 15) is 18.0 Å². The maximum absolute atomic E-state index is 12.4. The molecule has 0 unspecified atom stereocenters. The van der Waals surface area contributed by atoms with Crippen molar-refractivity contribution in [1.82, 2.24) is 9.88 Å². The molecule has 1 aromatic heterocycles. The number of hydrogen-bond donors (Lipinski definition) is 1. The maximum atomic E-state index is 12.4. The van der Waals surface area contributed by atoms with Gasteiger partial charge in [-0.1, -0.05) is 0 Å². The van der Waals surface area contributed by atoms with Crippen LogP contribution in [0.2, 0.25) is 0 Å². The molecule has 1 aliphatic rings. The highest BCUT2D eigenvalue weighted by Crippen LogP contribution is 2.26. The summed E-state index contributed by atoms with van der Waals surface area (Å²) in [4.78, 5) is 11.5. The summed E-state index contributed by atoms with van der Waals surface area (Å²) in [6.45, 7) is 1.09. The monoisotopic (exact) mass is 218 g/mol. The molecule has 2 heterocycles. The molecule has 0 saturated carbocycles. The van der Waals surface area contributed by atoms with E-state index in [1.165, 1.54) is 12.3 Å². The lowest BCUT2D eigenvalue weighted by atomic mass is 10.1. The van der Waals surface area contributed by atoms with E-state index < -0.39 is 17.3 Å². The molecule has 0 amide bonds. The van der Waals surface area contributed by atoms with Crippen molar-refractivity contribution in [3.8, 4) is 0 Å². The maximum Gasteiger partial charge on any atom is 0.421 e. The first kappa shape index (κ1) is 10.2. The summed E-state index contributed by atoms with van der Waals surface area (Å²) in [5.74, 6) is 0. The van der Waals surface area contributed by atoms with Gasteiger partial charge in [-0.05, 0) is 12.1 Å². The van der Waals surface area contributed by atoms with E-state index in [2.05, 4.69) is 5.32 Å². The van der Waals surface area contributed by atoms with Crippen LogP contribution >= 0.6 is 0 Å². The normalized spacial score (nSPS) is 17.5. The lowest BCUT2D eigenvalue weighted by Gasteiger charge is -2.29. The summed E-state index contributed by atoms with van der Waals surface area (Å²) in [6.07, 6.45) is -3.18. The molecule has 1 aliphatic heterocycles. The molecule has 1 fully saturated rings. The third kappa shape index (κ3) is 1.77. The number of alkyl halides is 3. The first-order valence-corrected chi connectivity index (χ1v) is 4.49. The van der Waals surface area contributed by atoms with Crippen LogP contribution in [0, 0.1) is 0 Å². The van der Waals surface area contributed by atoms with E-state index in [1.54, 1.807) is 0 Å². The van der Waals surface area contributed by atoms with E-state index in [0.29, 0.717) is 13.1 Å². The van der Waals surface area contributed by atoms with Gasteiger partial charge in [-0.15, -0.1) is 0 Å². The van der Waals surface area contributed by atoms with Gasteiger partial charge in [0.05, 0.1) is 6.04 Å². The van der Waals surface area contributed by atoms with E-state index in [-0.39, 0.29) is 6.04 Å². The van der Waals surface area contributed by atoms with E-state index >= 15 is 0 Å². The smallest absolute Gasteiger partial charge is 0.313 e. The van der Waals surface area contributed by atoms with Crippen LogP contribution in [0.4, 0.5) is 13.2 Å². The van der Waals surface area contributed by atoms with Crippen LogP contribution in [0.15, 0.2) is 23.1 Å². The zero-order valence-electron chi connectivity index (χ0n) is 7.71. The topological polar surface area (TPSA) is 34.0 Å². The molecule has 6 heteroatoms. The van der Waals surface area contributed by atoms with Gasteiger partial charge in [0.15, 0.2) is 0 Å². The number of halogens is 3. The Kier molecular flexibility index (Phi) is 2.30. The lowest BCUT2D eigenvalue weighted by molar-refractivity contribution is -0.139. The average molecular weight is 218 g/mol. The second-order valence-corrected chi connectivity index (χ2v) is 3.44. The minimum absolute atomic E-state index is 0.153. The molecule has 0 aliphatic carbocycles. The number of hydrogen-bond acceptors (Lipinski definition) is 2. The Morgan fingerprint density at radius 1 is 1.40 bits per heavy atom. The van der Waals surface area contributed by atoms with Crippen LogP contribution in [0.5, 0.6) is 0 Å². The van der Waals surface area contributed by atoms with Crippen molar-refractivity contribution in [2.24, 2.45) is 0 Å². The fraction of sp³-hybridized carbons (Fsp3) is 0.444. The van der Waals surface area contributed by atoms with Gasteiger partial charge in [-0.3, -0.25) is 4.79 Å². The fourth-order valence-electron chi connectivity index (χ4n) is 1.48. The van der Waals surface area contributed by atoms with Gasteiger partial charge in [0.1, 0.15) is 5.56 Å². The third-order valence-corrected chi connectivity index (χ3v) is 2.43. The van der Waals surface area contributed by atoms with Crippen LogP contribution in [-0.2, 0) is 6.18 Å². The Bertz CT molecular complexity index is 420. The molecule has 2 rings (SSSR count). The highest BCUT2D eigenvalue weighted by Gasteiger charge is 2.35. The molecule has 0 radical (unpaired) electrons. The molecule has 15 heavy (non-hydrogen) atoms. The molecule has 0 atom stereocenters. The van der Waals surface area contributed by atoms with Gasteiger partial charge in [0, 0.05) is 19.3 Å².